The van der Waals surface area contributed by atoms with Crippen molar-refractivity contribution in [2.45, 2.75) is 13.1 Å². The number of aromatic amines is 1. The van der Waals surface area contributed by atoms with E-state index in [1.807, 2.05) is 6.07 Å². The van der Waals surface area contributed by atoms with E-state index in [1.165, 1.54) is 0 Å². The van der Waals surface area contributed by atoms with Crippen LogP contribution in [0.25, 0.3) is 5.69 Å². The maximum atomic E-state index is 11.6. The summed E-state index contributed by atoms with van der Waals surface area (Å²) in [6.07, 6.45) is 0. The van der Waals surface area contributed by atoms with Gasteiger partial charge in [-0.05, 0) is 12.1 Å². The van der Waals surface area contributed by atoms with Crippen LogP contribution >= 0.6 is 0 Å². The fraction of sp³-hybridized carbons (Fsp3) is 0.182. The first-order valence-corrected chi connectivity index (χ1v) is 5.08. The van der Waals surface area contributed by atoms with Gasteiger partial charge in [-0.3, -0.25) is 14.6 Å². The highest BCUT2D eigenvalue weighted by Crippen LogP contribution is 2.19. The monoisotopic (exact) mass is 217 g/mol. The molecule has 1 aromatic heterocycles. The lowest BCUT2D eigenvalue weighted by molar-refractivity contribution is 0.474. The summed E-state index contributed by atoms with van der Waals surface area (Å²) in [6, 6.07) is 6.81. The largest absolute Gasteiger partial charge is 0.508 e. The molecule has 5 nitrogen and oxygen atoms in total. The lowest BCUT2D eigenvalue weighted by atomic mass is 10.2. The Kier molecular flexibility index (Phi) is 1.87. The van der Waals surface area contributed by atoms with Crippen molar-refractivity contribution >= 4 is 0 Å². The summed E-state index contributed by atoms with van der Waals surface area (Å²) in [5.74, 6) is 0.187. The van der Waals surface area contributed by atoms with E-state index in [0.717, 1.165) is 16.9 Å². The van der Waals surface area contributed by atoms with Gasteiger partial charge < -0.3 is 10.4 Å². The van der Waals surface area contributed by atoms with Gasteiger partial charge in [-0.25, -0.2) is 0 Å². The molecule has 0 bridgehead atoms. The summed E-state index contributed by atoms with van der Waals surface area (Å²) in [5.41, 5.74) is 2.42. The summed E-state index contributed by atoms with van der Waals surface area (Å²) < 4.78 is 1.72. The second-order valence-corrected chi connectivity index (χ2v) is 3.82. The van der Waals surface area contributed by atoms with Gasteiger partial charge in [0.15, 0.2) is 0 Å². The number of nitrogens with zero attached hydrogens (tertiary/aromatic N) is 1. The molecule has 3 rings (SSSR count). The molecular weight excluding hydrogens is 206 g/mol. The average Bonchev–Trinajstić information content (AvgIpc) is 2.83. The molecule has 16 heavy (non-hydrogen) atoms. The quantitative estimate of drug-likeness (QED) is 0.650. The van der Waals surface area contributed by atoms with Crippen LogP contribution in [-0.2, 0) is 13.1 Å². The fourth-order valence-electron chi connectivity index (χ4n) is 2.03. The Balaban J connectivity index is 2.21. The van der Waals surface area contributed by atoms with E-state index in [9.17, 15) is 9.90 Å². The third-order valence-corrected chi connectivity index (χ3v) is 2.79. The van der Waals surface area contributed by atoms with Gasteiger partial charge in [0.2, 0.25) is 0 Å². The van der Waals surface area contributed by atoms with E-state index >= 15 is 0 Å². The Bertz CT molecular complexity index is 598. The van der Waals surface area contributed by atoms with Crippen LogP contribution in [0.15, 0.2) is 29.1 Å². The standard InChI is InChI=1S/C11H11N3O2/c15-8-3-1-2-7(4-8)14-10-6-12-5-9(10)11(16)13-14/h1-4,12,15H,5-6H2,(H,13,16). The third-order valence-electron chi connectivity index (χ3n) is 2.79. The molecule has 0 amide bonds. The zero-order valence-electron chi connectivity index (χ0n) is 8.53. The van der Waals surface area contributed by atoms with Crippen molar-refractivity contribution in [2.24, 2.45) is 0 Å². The lowest BCUT2D eigenvalue weighted by Gasteiger charge is -2.06. The van der Waals surface area contributed by atoms with Crippen LogP contribution in [0.5, 0.6) is 5.75 Å². The first-order chi connectivity index (χ1) is 7.75. The molecule has 0 saturated heterocycles. The number of aromatic hydroxyl groups is 1. The fourth-order valence-corrected chi connectivity index (χ4v) is 2.03. The van der Waals surface area contributed by atoms with Crippen LogP contribution in [0, 0.1) is 0 Å². The minimum atomic E-state index is -0.0663. The predicted octanol–water partition coefficient (Wildman–Crippen LogP) is 0.474. The molecule has 1 aliphatic heterocycles. The van der Waals surface area contributed by atoms with Gasteiger partial charge in [0.1, 0.15) is 5.75 Å². The van der Waals surface area contributed by atoms with Gasteiger partial charge in [-0.2, -0.15) is 0 Å². The topological polar surface area (TPSA) is 70.0 Å². The Labute approximate surface area is 91.3 Å². The number of phenols is 1. The lowest BCUT2D eigenvalue weighted by Crippen LogP contribution is -2.13. The predicted molar refractivity (Wildman–Crippen MR) is 58.6 cm³/mol. The normalized spacial score (nSPS) is 14.0. The molecule has 1 aromatic carbocycles. The van der Waals surface area contributed by atoms with E-state index in [2.05, 4.69) is 10.4 Å². The minimum absolute atomic E-state index is 0.0663. The summed E-state index contributed by atoms with van der Waals surface area (Å²) in [6.45, 7) is 1.28. The Morgan fingerprint density at radius 1 is 1.31 bits per heavy atom. The zero-order chi connectivity index (χ0) is 11.1. The van der Waals surface area contributed by atoms with Crippen LogP contribution in [0.1, 0.15) is 11.3 Å². The van der Waals surface area contributed by atoms with Crippen molar-refractivity contribution in [3.8, 4) is 11.4 Å². The molecule has 0 saturated carbocycles. The van der Waals surface area contributed by atoms with Gasteiger partial charge >= 0.3 is 0 Å². The molecule has 0 unspecified atom stereocenters. The van der Waals surface area contributed by atoms with Crippen LogP contribution in [0.2, 0.25) is 0 Å². The van der Waals surface area contributed by atoms with Crippen molar-refractivity contribution in [3.63, 3.8) is 0 Å². The van der Waals surface area contributed by atoms with Crippen molar-refractivity contribution in [3.05, 3.63) is 45.9 Å². The number of hydrogen-bond acceptors (Lipinski definition) is 3. The number of hydrogen-bond donors (Lipinski definition) is 3. The molecule has 3 N–H and O–H groups in total. The van der Waals surface area contributed by atoms with Gasteiger partial charge in [-0.15, -0.1) is 0 Å². The number of nitrogens with one attached hydrogen (secondary N) is 2. The number of fused-ring (bicyclic) bond motifs is 1. The molecule has 82 valence electrons. The molecule has 5 heteroatoms. The van der Waals surface area contributed by atoms with Crippen LogP contribution in [0.4, 0.5) is 0 Å². The maximum absolute atomic E-state index is 11.6. The van der Waals surface area contributed by atoms with Gasteiger partial charge in [0.05, 0.1) is 16.9 Å². The summed E-state index contributed by atoms with van der Waals surface area (Å²) >= 11 is 0. The van der Waals surface area contributed by atoms with Crippen LogP contribution < -0.4 is 10.9 Å². The molecule has 0 aliphatic carbocycles. The van der Waals surface area contributed by atoms with Gasteiger partial charge in [0.25, 0.3) is 5.56 Å². The van der Waals surface area contributed by atoms with Gasteiger partial charge in [0, 0.05) is 19.2 Å². The van der Waals surface area contributed by atoms with Crippen molar-refractivity contribution < 1.29 is 5.11 Å². The molecule has 0 spiro atoms. The molecule has 0 radical (unpaired) electrons. The van der Waals surface area contributed by atoms with Crippen molar-refractivity contribution in [2.75, 3.05) is 0 Å². The Hall–Kier alpha value is -2.01. The van der Waals surface area contributed by atoms with E-state index in [-0.39, 0.29) is 11.3 Å². The van der Waals surface area contributed by atoms with Crippen molar-refractivity contribution in [1.29, 1.82) is 0 Å². The number of phenolic OH excluding ortho intramolecular Hbond substituents is 1. The highest BCUT2D eigenvalue weighted by molar-refractivity contribution is 5.41. The second-order valence-electron chi connectivity index (χ2n) is 3.82. The van der Waals surface area contributed by atoms with E-state index in [1.54, 1.807) is 22.9 Å². The molecule has 2 aromatic rings. The first kappa shape index (κ1) is 9.23. The number of benzene rings is 1. The van der Waals surface area contributed by atoms with E-state index in [4.69, 9.17) is 0 Å². The van der Waals surface area contributed by atoms with Crippen LogP contribution in [-0.4, -0.2) is 14.9 Å². The SMILES string of the molecule is O=c1[nH]n(-c2cccc(O)c2)c2c1CNC2. The van der Waals surface area contributed by atoms with Gasteiger partial charge in [-0.1, -0.05) is 6.07 Å². The highest BCUT2D eigenvalue weighted by atomic mass is 16.3. The minimum Gasteiger partial charge on any atom is -0.508 e. The third kappa shape index (κ3) is 1.25. The smallest absolute Gasteiger partial charge is 0.269 e. The van der Waals surface area contributed by atoms with Crippen LogP contribution in [0.3, 0.4) is 0 Å². The number of aromatic nitrogens is 2. The second kappa shape index (κ2) is 3.24. The average molecular weight is 217 g/mol. The summed E-state index contributed by atoms with van der Waals surface area (Å²) in [4.78, 5) is 11.6. The Morgan fingerprint density at radius 2 is 2.19 bits per heavy atom. The first-order valence-electron chi connectivity index (χ1n) is 5.08. The molecular formula is C11H11N3O2. The highest BCUT2D eigenvalue weighted by Gasteiger charge is 2.20. The molecule has 2 heterocycles. The van der Waals surface area contributed by atoms with Crippen molar-refractivity contribution in [1.82, 2.24) is 15.1 Å². The van der Waals surface area contributed by atoms with E-state index in [0.29, 0.717) is 13.1 Å². The molecule has 0 fully saturated rings. The van der Waals surface area contributed by atoms with E-state index < -0.39 is 0 Å². The number of rotatable bonds is 1. The Morgan fingerprint density at radius 3 is 3.00 bits per heavy atom. The maximum Gasteiger partial charge on any atom is 0.269 e. The zero-order valence-corrected chi connectivity index (χ0v) is 8.53. The summed E-state index contributed by atoms with van der Waals surface area (Å²) in [5, 5.41) is 15.3. The summed E-state index contributed by atoms with van der Waals surface area (Å²) in [7, 11) is 0. The number of H-pyrrole nitrogens is 1. The molecule has 1 aliphatic rings. The molecule has 0 atom stereocenters.